The van der Waals surface area contributed by atoms with E-state index in [4.69, 9.17) is 20.8 Å². The first-order valence-electron chi connectivity index (χ1n) is 8.15. The molecule has 0 saturated carbocycles. The molecule has 2 aromatic carbocycles. The molecule has 128 valence electrons. The number of halogens is 1. The minimum Gasteiger partial charge on any atom is -0.487 e. The molecule has 0 unspecified atom stereocenters. The number of aromatic nitrogens is 1. The van der Waals surface area contributed by atoms with Crippen LogP contribution in [0.1, 0.15) is 23.9 Å². The minimum atomic E-state index is 0.365. The summed E-state index contributed by atoms with van der Waals surface area (Å²) >= 11 is 5.77. The number of aryl methyl sites for hydroxylation is 1. The molecule has 1 aromatic heterocycles. The van der Waals surface area contributed by atoms with Gasteiger partial charge >= 0.3 is 0 Å². The van der Waals surface area contributed by atoms with Crippen molar-refractivity contribution in [1.82, 2.24) is 4.98 Å². The summed E-state index contributed by atoms with van der Waals surface area (Å²) in [5.74, 6) is 2.68. The summed E-state index contributed by atoms with van der Waals surface area (Å²) in [6.07, 6.45) is 1.98. The van der Waals surface area contributed by atoms with E-state index in [9.17, 15) is 0 Å². The summed E-state index contributed by atoms with van der Waals surface area (Å²) in [5, 5.41) is 0. The molecule has 3 nitrogen and oxygen atoms in total. The molecule has 4 heteroatoms. The highest BCUT2D eigenvalue weighted by Crippen LogP contribution is 2.24. The lowest BCUT2D eigenvalue weighted by Gasteiger charge is -2.07. The average molecular weight is 354 g/mol. The van der Waals surface area contributed by atoms with Gasteiger partial charge in [-0.25, -0.2) is 4.98 Å². The van der Waals surface area contributed by atoms with Crippen LogP contribution in [-0.2, 0) is 6.61 Å². The summed E-state index contributed by atoms with van der Waals surface area (Å²) in [6, 6.07) is 17.8. The first-order chi connectivity index (χ1) is 12.2. The molecule has 3 aromatic rings. The number of hydrogen-bond acceptors (Lipinski definition) is 3. The van der Waals surface area contributed by atoms with Gasteiger partial charge in [-0.3, -0.25) is 0 Å². The van der Waals surface area contributed by atoms with Gasteiger partial charge in [0, 0.05) is 11.4 Å². The third-order valence-electron chi connectivity index (χ3n) is 3.96. The van der Waals surface area contributed by atoms with Crippen molar-refractivity contribution in [3.05, 3.63) is 77.7 Å². The first-order valence-corrected chi connectivity index (χ1v) is 8.68. The predicted molar refractivity (Wildman–Crippen MR) is 102 cm³/mol. The zero-order valence-corrected chi connectivity index (χ0v) is 15.1. The molecule has 0 atom stereocenters. The topological polar surface area (TPSA) is 35.3 Å². The highest BCUT2D eigenvalue weighted by atomic mass is 35.5. The fourth-order valence-electron chi connectivity index (χ4n) is 2.48. The minimum absolute atomic E-state index is 0.365. The van der Waals surface area contributed by atoms with E-state index >= 15 is 0 Å². The Morgan fingerprint density at radius 3 is 2.72 bits per heavy atom. The molecule has 0 amide bonds. The molecule has 0 bridgehead atoms. The molecular weight excluding hydrogens is 334 g/mol. The summed E-state index contributed by atoms with van der Waals surface area (Å²) in [5.41, 5.74) is 3.99. The maximum Gasteiger partial charge on any atom is 0.226 e. The zero-order valence-electron chi connectivity index (χ0n) is 14.3. The van der Waals surface area contributed by atoms with Crippen molar-refractivity contribution in [3.63, 3.8) is 0 Å². The van der Waals surface area contributed by atoms with Crippen molar-refractivity contribution in [2.24, 2.45) is 0 Å². The monoisotopic (exact) mass is 353 g/mol. The second kappa shape index (κ2) is 8.04. The van der Waals surface area contributed by atoms with Crippen molar-refractivity contribution >= 4 is 17.2 Å². The summed E-state index contributed by atoms with van der Waals surface area (Å²) in [7, 11) is 0. The number of oxazole rings is 1. The van der Waals surface area contributed by atoms with Gasteiger partial charge in [0.1, 0.15) is 23.8 Å². The molecule has 0 spiro atoms. The molecule has 0 radical (unpaired) electrons. The Morgan fingerprint density at radius 2 is 1.96 bits per heavy atom. The maximum atomic E-state index is 5.91. The number of nitrogens with zero attached hydrogens (tertiary/aromatic N) is 1. The van der Waals surface area contributed by atoms with Crippen LogP contribution in [0.2, 0.25) is 0 Å². The van der Waals surface area contributed by atoms with Gasteiger partial charge in [-0.15, -0.1) is 11.6 Å². The molecular formula is C21H20ClNO2. The molecule has 25 heavy (non-hydrogen) atoms. The fraction of sp³-hybridized carbons (Fsp3) is 0.190. The van der Waals surface area contributed by atoms with Gasteiger partial charge in [-0.1, -0.05) is 36.4 Å². The van der Waals surface area contributed by atoms with Crippen LogP contribution in [0.15, 0.2) is 65.1 Å². The molecule has 0 aliphatic heterocycles. The SMILES string of the molecule is CC(=CCCl)c1cccc(OCc2nc(-c3ccccc3)oc2C)c1. The Hall–Kier alpha value is -2.52. The number of allylic oxidation sites excluding steroid dienone is 2. The molecule has 0 fully saturated rings. The van der Waals surface area contributed by atoms with E-state index in [1.165, 1.54) is 0 Å². The van der Waals surface area contributed by atoms with Crippen LogP contribution in [-0.4, -0.2) is 10.9 Å². The Bertz CT molecular complexity index is 869. The van der Waals surface area contributed by atoms with Crippen molar-refractivity contribution in [2.45, 2.75) is 20.5 Å². The molecule has 0 N–H and O–H groups in total. The van der Waals surface area contributed by atoms with Crippen LogP contribution in [0.5, 0.6) is 5.75 Å². The van der Waals surface area contributed by atoms with E-state index in [2.05, 4.69) is 4.98 Å². The Balaban J connectivity index is 1.73. The number of hydrogen-bond donors (Lipinski definition) is 0. The van der Waals surface area contributed by atoms with Crippen molar-refractivity contribution in [3.8, 4) is 17.2 Å². The second-order valence-electron chi connectivity index (χ2n) is 5.75. The van der Waals surface area contributed by atoms with E-state index in [0.29, 0.717) is 18.4 Å². The van der Waals surface area contributed by atoms with Gasteiger partial charge in [0.2, 0.25) is 5.89 Å². The van der Waals surface area contributed by atoms with Gasteiger partial charge < -0.3 is 9.15 Å². The Labute approximate surface area is 152 Å². The smallest absolute Gasteiger partial charge is 0.226 e. The fourth-order valence-corrected chi connectivity index (χ4v) is 2.71. The molecule has 1 heterocycles. The van der Waals surface area contributed by atoms with E-state index < -0.39 is 0 Å². The molecule has 0 aliphatic rings. The predicted octanol–water partition coefficient (Wildman–Crippen LogP) is 5.87. The lowest BCUT2D eigenvalue weighted by molar-refractivity contribution is 0.299. The summed E-state index contributed by atoms with van der Waals surface area (Å²) in [6.45, 7) is 4.31. The zero-order chi connectivity index (χ0) is 17.6. The van der Waals surface area contributed by atoms with Crippen LogP contribution < -0.4 is 4.74 Å². The maximum absolute atomic E-state index is 5.91. The highest BCUT2D eigenvalue weighted by Gasteiger charge is 2.12. The molecule has 0 saturated heterocycles. The number of benzene rings is 2. The highest BCUT2D eigenvalue weighted by molar-refractivity contribution is 6.19. The van der Waals surface area contributed by atoms with Gasteiger partial charge in [0.15, 0.2) is 0 Å². The van der Waals surface area contributed by atoms with Crippen molar-refractivity contribution in [2.75, 3.05) is 5.88 Å². The van der Waals surface area contributed by atoms with Crippen LogP contribution in [0.4, 0.5) is 0 Å². The van der Waals surface area contributed by atoms with Gasteiger partial charge in [-0.2, -0.15) is 0 Å². The Kier molecular flexibility index (Phi) is 5.56. The van der Waals surface area contributed by atoms with Crippen LogP contribution >= 0.6 is 11.6 Å². The van der Waals surface area contributed by atoms with Crippen molar-refractivity contribution in [1.29, 1.82) is 0 Å². The van der Waals surface area contributed by atoms with Gasteiger partial charge in [0.25, 0.3) is 0 Å². The third-order valence-corrected chi connectivity index (χ3v) is 4.12. The number of rotatable bonds is 6. The van der Waals surface area contributed by atoms with E-state index in [-0.39, 0.29) is 0 Å². The summed E-state index contributed by atoms with van der Waals surface area (Å²) in [4.78, 5) is 4.56. The van der Waals surface area contributed by atoms with Crippen LogP contribution in [0, 0.1) is 6.92 Å². The van der Waals surface area contributed by atoms with Crippen molar-refractivity contribution < 1.29 is 9.15 Å². The lowest BCUT2D eigenvalue weighted by atomic mass is 10.1. The van der Waals surface area contributed by atoms with Crippen LogP contribution in [0.25, 0.3) is 17.0 Å². The van der Waals surface area contributed by atoms with Gasteiger partial charge in [0.05, 0.1) is 0 Å². The standard InChI is InChI=1S/C21H20ClNO2/c1-15(11-12-22)18-9-6-10-19(13-18)24-14-20-16(2)25-21(23-20)17-7-4-3-5-8-17/h3-11,13H,12,14H2,1-2H3. The second-order valence-corrected chi connectivity index (χ2v) is 6.05. The molecule has 0 aliphatic carbocycles. The van der Waals surface area contributed by atoms with E-state index in [1.54, 1.807) is 0 Å². The summed E-state index contributed by atoms with van der Waals surface area (Å²) < 4.78 is 11.7. The van der Waals surface area contributed by atoms with E-state index in [1.807, 2.05) is 74.5 Å². The quantitative estimate of drug-likeness (QED) is 0.520. The van der Waals surface area contributed by atoms with E-state index in [0.717, 1.165) is 33.9 Å². The average Bonchev–Trinajstić information content (AvgIpc) is 3.02. The first kappa shape index (κ1) is 17.3. The number of alkyl halides is 1. The van der Waals surface area contributed by atoms with Gasteiger partial charge in [-0.05, 0) is 49.2 Å². The number of ether oxygens (including phenoxy) is 1. The van der Waals surface area contributed by atoms with Crippen LogP contribution in [0.3, 0.4) is 0 Å². The molecule has 3 rings (SSSR count). The lowest BCUT2D eigenvalue weighted by Crippen LogP contribution is -1.98. The Morgan fingerprint density at radius 1 is 1.16 bits per heavy atom. The normalized spacial score (nSPS) is 11.6. The largest absolute Gasteiger partial charge is 0.487 e. The third kappa shape index (κ3) is 4.31.